The molecule has 1 aliphatic carbocycles. The van der Waals surface area contributed by atoms with Gasteiger partial charge in [-0.05, 0) is 55.7 Å². The van der Waals surface area contributed by atoms with E-state index in [0.29, 0.717) is 17.0 Å². The predicted octanol–water partition coefficient (Wildman–Crippen LogP) is 4.96. The number of piperidine rings is 1. The lowest BCUT2D eigenvalue weighted by molar-refractivity contribution is -0.128. The molecule has 0 saturated carbocycles. The number of halogens is 1. The van der Waals surface area contributed by atoms with Crippen LogP contribution >= 0.6 is 11.6 Å². The van der Waals surface area contributed by atoms with Crippen LogP contribution in [0, 0.1) is 5.41 Å². The van der Waals surface area contributed by atoms with Crippen molar-refractivity contribution in [3.63, 3.8) is 0 Å². The van der Waals surface area contributed by atoms with Crippen molar-refractivity contribution in [3.8, 4) is 0 Å². The van der Waals surface area contributed by atoms with Gasteiger partial charge in [-0.3, -0.25) is 9.59 Å². The van der Waals surface area contributed by atoms with E-state index in [4.69, 9.17) is 11.6 Å². The van der Waals surface area contributed by atoms with Gasteiger partial charge in [0.1, 0.15) is 0 Å². The van der Waals surface area contributed by atoms with Crippen molar-refractivity contribution in [3.05, 3.63) is 57.4 Å². The first-order chi connectivity index (χ1) is 13.8. The molecule has 5 heteroatoms. The van der Waals surface area contributed by atoms with Crippen LogP contribution in [0.5, 0.6) is 0 Å². The minimum atomic E-state index is -0.332. The summed E-state index contributed by atoms with van der Waals surface area (Å²) < 4.78 is 0. The van der Waals surface area contributed by atoms with Crippen molar-refractivity contribution in [2.45, 2.75) is 58.8 Å². The number of dihydropyridines is 1. The number of nitrogens with zero attached hydrogens (tertiary/aromatic N) is 1. The highest BCUT2D eigenvalue weighted by atomic mass is 35.5. The second-order valence-corrected chi connectivity index (χ2v) is 9.77. The fourth-order valence-corrected chi connectivity index (χ4v) is 5.10. The van der Waals surface area contributed by atoms with Crippen LogP contribution in [0.15, 0.2) is 46.8 Å². The lowest BCUT2D eigenvalue weighted by Gasteiger charge is -2.41. The van der Waals surface area contributed by atoms with E-state index < -0.39 is 0 Å². The summed E-state index contributed by atoms with van der Waals surface area (Å²) in [5, 5.41) is 4.10. The number of nitrogens with one attached hydrogen (secondary N) is 1. The van der Waals surface area contributed by atoms with E-state index >= 15 is 0 Å². The average molecular weight is 413 g/mol. The summed E-state index contributed by atoms with van der Waals surface area (Å²) in [4.78, 5) is 28.8. The van der Waals surface area contributed by atoms with Gasteiger partial charge >= 0.3 is 0 Å². The number of Topliss-reactive ketones (excluding diaryl/α,β-unsaturated/α-hetero) is 1. The zero-order chi connectivity index (χ0) is 20.8. The maximum absolute atomic E-state index is 13.6. The summed E-state index contributed by atoms with van der Waals surface area (Å²) >= 11 is 6.12. The summed E-state index contributed by atoms with van der Waals surface area (Å²) in [6.07, 6.45) is 4.56. The molecule has 0 aromatic heterocycles. The average Bonchev–Trinajstić information content (AvgIpc) is 2.67. The first-order valence-electron chi connectivity index (χ1n) is 10.6. The minimum absolute atomic E-state index is 0.0545. The number of carbonyl (C=O) groups excluding carboxylic acids is 2. The Balaban J connectivity index is 1.82. The Morgan fingerprint density at radius 3 is 2.41 bits per heavy atom. The van der Waals surface area contributed by atoms with E-state index in [1.165, 1.54) is 6.42 Å². The first kappa shape index (κ1) is 20.2. The number of hydrogen-bond acceptors (Lipinski definition) is 3. The molecule has 1 amide bonds. The van der Waals surface area contributed by atoms with Gasteiger partial charge in [-0.1, -0.05) is 37.6 Å². The van der Waals surface area contributed by atoms with Crippen LogP contribution in [0.2, 0.25) is 5.02 Å². The van der Waals surface area contributed by atoms with Crippen LogP contribution < -0.4 is 5.32 Å². The highest BCUT2D eigenvalue weighted by Gasteiger charge is 2.43. The second-order valence-electron chi connectivity index (χ2n) is 9.33. The molecule has 1 atom stereocenters. The van der Waals surface area contributed by atoms with Crippen LogP contribution in [-0.4, -0.2) is 29.7 Å². The summed E-state index contributed by atoms with van der Waals surface area (Å²) in [5.74, 6) is -0.138. The van der Waals surface area contributed by atoms with Crippen LogP contribution in [0.25, 0.3) is 0 Å². The molecule has 0 spiro atoms. The van der Waals surface area contributed by atoms with E-state index in [9.17, 15) is 9.59 Å². The molecule has 3 aliphatic rings. The molecule has 29 heavy (non-hydrogen) atoms. The van der Waals surface area contributed by atoms with Gasteiger partial charge < -0.3 is 10.2 Å². The Kier molecular flexibility index (Phi) is 5.32. The Labute approximate surface area is 178 Å². The fraction of sp³-hybridized carbons (Fsp3) is 0.500. The third-order valence-electron chi connectivity index (χ3n) is 6.32. The molecule has 1 fully saturated rings. The molecule has 0 radical (unpaired) electrons. The maximum Gasteiger partial charge on any atom is 0.252 e. The SMILES string of the molecule is CC1=C(C(=O)N2CCCCC2)[C@@H](c2ccc(Cl)cc2)C2=C(CC(C)(C)CC2=O)N1. The summed E-state index contributed by atoms with van der Waals surface area (Å²) in [7, 11) is 0. The molecule has 4 rings (SSSR count). The highest BCUT2D eigenvalue weighted by Crippen LogP contribution is 2.47. The van der Waals surface area contributed by atoms with Gasteiger partial charge in [0.25, 0.3) is 5.91 Å². The molecule has 2 aliphatic heterocycles. The maximum atomic E-state index is 13.6. The predicted molar refractivity (Wildman–Crippen MR) is 116 cm³/mol. The third-order valence-corrected chi connectivity index (χ3v) is 6.57. The van der Waals surface area contributed by atoms with Gasteiger partial charge in [0.05, 0.1) is 0 Å². The lowest BCUT2D eigenvalue weighted by atomic mass is 9.68. The molecular formula is C24H29ClN2O2. The van der Waals surface area contributed by atoms with Crippen molar-refractivity contribution in [1.29, 1.82) is 0 Å². The zero-order valence-corrected chi connectivity index (χ0v) is 18.2. The smallest absolute Gasteiger partial charge is 0.252 e. The lowest BCUT2D eigenvalue weighted by Crippen LogP contribution is -2.43. The van der Waals surface area contributed by atoms with Gasteiger partial charge in [0.2, 0.25) is 0 Å². The number of carbonyl (C=O) groups is 2. The Morgan fingerprint density at radius 2 is 1.76 bits per heavy atom. The number of hydrogen-bond donors (Lipinski definition) is 1. The molecule has 1 aromatic carbocycles. The standard InChI is InChI=1S/C24H29ClN2O2/c1-15-20(23(29)27-11-5-4-6-12-27)21(16-7-9-17(25)10-8-16)22-18(26-15)13-24(2,3)14-19(22)28/h7-10,21,26H,4-6,11-14H2,1-3H3/t21-/m1/s1. The van der Waals surface area contributed by atoms with E-state index in [0.717, 1.165) is 54.9 Å². The second kappa shape index (κ2) is 7.64. The van der Waals surface area contributed by atoms with Crippen LogP contribution in [0.3, 0.4) is 0 Å². The van der Waals surface area contributed by atoms with Crippen molar-refractivity contribution in [2.24, 2.45) is 5.41 Å². The summed E-state index contributed by atoms with van der Waals surface area (Å²) in [6.45, 7) is 7.80. The molecule has 1 N–H and O–H groups in total. The number of rotatable bonds is 2. The molecular weight excluding hydrogens is 384 g/mol. The Bertz CT molecular complexity index is 905. The number of ketones is 1. The highest BCUT2D eigenvalue weighted by molar-refractivity contribution is 6.30. The van der Waals surface area contributed by atoms with E-state index in [1.54, 1.807) is 0 Å². The fourth-order valence-electron chi connectivity index (χ4n) is 4.98. The number of amides is 1. The van der Waals surface area contributed by atoms with Crippen molar-refractivity contribution in [2.75, 3.05) is 13.1 Å². The number of benzene rings is 1. The van der Waals surface area contributed by atoms with Gasteiger partial charge in [-0.2, -0.15) is 0 Å². The first-order valence-corrected chi connectivity index (χ1v) is 10.9. The number of likely N-dealkylation sites (tertiary alicyclic amines) is 1. The normalized spacial score (nSPS) is 24.3. The van der Waals surface area contributed by atoms with Gasteiger partial charge in [0.15, 0.2) is 5.78 Å². The van der Waals surface area contributed by atoms with Crippen molar-refractivity contribution < 1.29 is 9.59 Å². The monoisotopic (exact) mass is 412 g/mol. The van der Waals surface area contributed by atoms with Crippen LogP contribution in [0.4, 0.5) is 0 Å². The molecule has 154 valence electrons. The van der Waals surface area contributed by atoms with Crippen molar-refractivity contribution in [1.82, 2.24) is 10.2 Å². The molecule has 1 saturated heterocycles. The number of allylic oxidation sites excluding steroid dienone is 3. The Hall–Kier alpha value is -2.07. The van der Waals surface area contributed by atoms with Gasteiger partial charge in [0, 0.05) is 53.0 Å². The van der Waals surface area contributed by atoms with Crippen molar-refractivity contribution >= 4 is 23.3 Å². The largest absolute Gasteiger partial charge is 0.362 e. The molecule has 2 heterocycles. The minimum Gasteiger partial charge on any atom is -0.362 e. The zero-order valence-electron chi connectivity index (χ0n) is 17.5. The van der Waals surface area contributed by atoms with Gasteiger partial charge in [-0.25, -0.2) is 0 Å². The third kappa shape index (κ3) is 3.87. The van der Waals surface area contributed by atoms with Crippen LogP contribution in [-0.2, 0) is 9.59 Å². The molecule has 4 nitrogen and oxygen atoms in total. The molecule has 1 aromatic rings. The Morgan fingerprint density at radius 1 is 1.10 bits per heavy atom. The molecule has 0 bridgehead atoms. The van der Waals surface area contributed by atoms with E-state index in [2.05, 4.69) is 19.2 Å². The molecule has 0 unspecified atom stereocenters. The topological polar surface area (TPSA) is 49.4 Å². The summed E-state index contributed by atoms with van der Waals surface area (Å²) in [5.41, 5.74) is 4.18. The summed E-state index contributed by atoms with van der Waals surface area (Å²) in [6, 6.07) is 7.59. The van der Waals surface area contributed by atoms with E-state index in [1.807, 2.05) is 36.1 Å². The van der Waals surface area contributed by atoms with E-state index in [-0.39, 0.29) is 23.0 Å². The quantitative estimate of drug-likeness (QED) is 0.747. The van der Waals surface area contributed by atoms with Crippen LogP contribution in [0.1, 0.15) is 64.4 Å². The van der Waals surface area contributed by atoms with Gasteiger partial charge in [-0.15, -0.1) is 0 Å².